The summed E-state index contributed by atoms with van der Waals surface area (Å²) in [4.78, 5) is 3.77. The fourth-order valence-corrected chi connectivity index (χ4v) is 1.09. The van der Waals surface area contributed by atoms with E-state index < -0.39 is 5.82 Å². The largest absolute Gasteiger partial charge is 0.304 e. The molecule has 0 aromatic carbocycles. The normalized spacial score (nSPS) is 10.7. The van der Waals surface area contributed by atoms with Crippen LogP contribution in [0.2, 0.25) is 5.02 Å². The van der Waals surface area contributed by atoms with E-state index in [-0.39, 0.29) is 5.02 Å². The maximum absolute atomic E-state index is 13.0. The van der Waals surface area contributed by atoms with Crippen molar-refractivity contribution in [2.24, 2.45) is 0 Å². The predicted octanol–water partition coefficient (Wildman–Crippen LogP) is 2.13. The van der Waals surface area contributed by atoms with Gasteiger partial charge in [-0.25, -0.2) is 9.37 Å². The van der Waals surface area contributed by atoms with Crippen molar-refractivity contribution in [1.82, 2.24) is 9.38 Å². The number of hydrogen-bond donors (Lipinski definition) is 0. The molecule has 2 aromatic rings. The van der Waals surface area contributed by atoms with Crippen molar-refractivity contribution in [3.63, 3.8) is 0 Å². The van der Waals surface area contributed by atoms with E-state index in [0.29, 0.717) is 5.52 Å². The summed E-state index contributed by atoms with van der Waals surface area (Å²) in [7, 11) is 0. The second-order valence-electron chi connectivity index (χ2n) is 2.16. The van der Waals surface area contributed by atoms with Crippen LogP contribution in [0.15, 0.2) is 24.8 Å². The summed E-state index contributed by atoms with van der Waals surface area (Å²) >= 11 is 5.53. The zero-order valence-electron chi connectivity index (χ0n) is 5.46. The highest BCUT2D eigenvalue weighted by Gasteiger charge is 2.04. The van der Waals surface area contributed by atoms with Gasteiger partial charge in [0.1, 0.15) is 5.52 Å². The lowest BCUT2D eigenvalue weighted by Crippen LogP contribution is -1.85. The molecule has 11 heavy (non-hydrogen) atoms. The molecule has 0 saturated heterocycles. The van der Waals surface area contributed by atoms with Gasteiger partial charge in [-0.15, -0.1) is 0 Å². The molecular weight excluding hydrogens is 167 g/mol. The highest BCUT2D eigenvalue weighted by molar-refractivity contribution is 6.31. The molecule has 0 spiro atoms. The Balaban J connectivity index is 2.93. The third kappa shape index (κ3) is 0.886. The zero-order chi connectivity index (χ0) is 7.84. The molecule has 0 fully saturated rings. The first-order chi connectivity index (χ1) is 5.29. The van der Waals surface area contributed by atoms with Crippen LogP contribution in [0, 0.1) is 5.82 Å². The average molecular weight is 171 g/mol. The second kappa shape index (κ2) is 2.20. The summed E-state index contributed by atoms with van der Waals surface area (Å²) in [5, 5.41) is 0.123. The van der Waals surface area contributed by atoms with Gasteiger partial charge in [0.15, 0.2) is 5.82 Å². The summed E-state index contributed by atoms with van der Waals surface area (Å²) in [5.41, 5.74) is 0.400. The van der Waals surface area contributed by atoms with Crippen molar-refractivity contribution < 1.29 is 4.39 Å². The fraction of sp³-hybridized carbons (Fsp3) is 0. The molecule has 0 bridgehead atoms. The van der Waals surface area contributed by atoms with Crippen LogP contribution >= 0.6 is 11.6 Å². The lowest BCUT2D eigenvalue weighted by atomic mass is 10.4. The molecule has 0 aliphatic rings. The van der Waals surface area contributed by atoms with E-state index in [2.05, 4.69) is 4.98 Å². The molecule has 4 heteroatoms. The van der Waals surface area contributed by atoms with Crippen LogP contribution in [0.1, 0.15) is 0 Å². The Morgan fingerprint density at radius 3 is 3.18 bits per heavy atom. The molecule has 56 valence electrons. The van der Waals surface area contributed by atoms with Gasteiger partial charge in [-0.2, -0.15) is 0 Å². The number of halogens is 2. The van der Waals surface area contributed by atoms with E-state index in [0.717, 1.165) is 0 Å². The van der Waals surface area contributed by atoms with E-state index in [9.17, 15) is 4.39 Å². The SMILES string of the molecule is Fc1c(Cl)ccn2cncc12. The minimum Gasteiger partial charge on any atom is -0.304 e. The molecule has 2 heterocycles. The average Bonchev–Trinajstić information content (AvgIpc) is 2.45. The Kier molecular flexibility index (Phi) is 1.32. The monoisotopic (exact) mass is 170 g/mol. The summed E-state index contributed by atoms with van der Waals surface area (Å²) in [6.07, 6.45) is 4.61. The Labute approximate surface area is 67.2 Å². The number of nitrogens with zero attached hydrogens (tertiary/aromatic N) is 2. The number of rotatable bonds is 0. The van der Waals surface area contributed by atoms with Gasteiger partial charge in [-0.3, -0.25) is 0 Å². The van der Waals surface area contributed by atoms with Crippen LogP contribution in [-0.4, -0.2) is 9.38 Å². The first-order valence-corrected chi connectivity index (χ1v) is 3.42. The number of aromatic nitrogens is 2. The Morgan fingerprint density at radius 2 is 2.36 bits per heavy atom. The topological polar surface area (TPSA) is 17.3 Å². The van der Waals surface area contributed by atoms with Crippen LogP contribution in [0.25, 0.3) is 5.52 Å². The van der Waals surface area contributed by atoms with E-state index in [1.54, 1.807) is 10.6 Å². The van der Waals surface area contributed by atoms with Crippen LogP contribution in [0.3, 0.4) is 0 Å². The standard InChI is InChI=1S/C7H4ClFN2/c8-5-1-2-11-4-10-3-6(11)7(5)9/h1-4H. The molecular formula is C7H4ClFN2. The molecule has 0 atom stereocenters. The maximum Gasteiger partial charge on any atom is 0.167 e. The molecule has 0 aliphatic carbocycles. The van der Waals surface area contributed by atoms with E-state index in [4.69, 9.17) is 11.6 Å². The second-order valence-corrected chi connectivity index (χ2v) is 2.57. The first kappa shape index (κ1) is 6.61. The first-order valence-electron chi connectivity index (χ1n) is 3.05. The van der Waals surface area contributed by atoms with Crippen molar-refractivity contribution in [1.29, 1.82) is 0 Å². The van der Waals surface area contributed by atoms with Gasteiger partial charge in [0.05, 0.1) is 17.5 Å². The van der Waals surface area contributed by atoms with Crippen molar-refractivity contribution in [2.45, 2.75) is 0 Å². The molecule has 2 rings (SSSR count). The molecule has 2 nitrogen and oxygen atoms in total. The van der Waals surface area contributed by atoms with E-state index in [1.165, 1.54) is 18.6 Å². The smallest absolute Gasteiger partial charge is 0.167 e. The van der Waals surface area contributed by atoms with Crippen LogP contribution < -0.4 is 0 Å². The lowest BCUT2D eigenvalue weighted by Gasteiger charge is -1.95. The minimum atomic E-state index is -0.424. The zero-order valence-corrected chi connectivity index (χ0v) is 6.22. The van der Waals surface area contributed by atoms with Gasteiger partial charge in [0.25, 0.3) is 0 Å². The van der Waals surface area contributed by atoms with Gasteiger partial charge in [0, 0.05) is 6.20 Å². The lowest BCUT2D eigenvalue weighted by molar-refractivity contribution is 0.633. The Bertz CT molecular complexity index is 396. The van der Waals surface area contributed by atoms with Crippen molar-refractivity contribution >= 4 is 17.1 Å². The quantitative estimate of drug-likeness (QED) is 0.592. The van der Waals surface area contributed by atoms with Gasteiger partial charge in [-0.1, -0.05) is 11.6 Å². The highest BCUT2D eigenvalue weighted by Crippen LogP contribution is 2.17. The molecule has 0 saturated carbocycles. The van der Waals surface area contributed by atoms with Crippen LogP contribution in [-0.2, 0) is 0 Å². The van der Waals surface area contributed by atoms with Crippen molar-refractivity contribution in [3.8, 4) is 0 Å². The minimum absolute atomic E-state index is 0.123. The van der Waals surface area contributed by atoms with Gasteiger partial charge in [-0.05, 0) is 6.07 Å². The number of pyridine rings is 1. The molecule has 0 N–H and O–H groups in total. The van der Waals surface area contributed by atoms with Crippen molar-refractivity contribution in [3.05, 3.63) is 35.6 Å². The van der Waals surface area contributed by atoms with E-state index in [1.807, 2.05) is 0 Å². The third-order valence-electron chi connectivity index (χ3n) is 1.48. The number of imidazole rings is 1. The fourth-order valence-electron chi connectivity index (χ4n) is 0.935. The predicted molar refractivity (Wildman–Crippen MR) is 40.2 cm³/mol. The summed E-state index contributed by atoms with van der Waals surface area (Å²) < 4.78 is 14.6. The molecule has 2 aromatic heterocycles. The molecule has 0 amide bonds. The van der Waals surface area contributed by atoms with Crippen LogP contribution in [0.4, 0.5) is 4.39 Å². The molecule has 0 radical (unpaired) electrons. The highest BCUT2D eigenvalue weighted by atomic mass is 35.5. The maximum atomic E-state index is 13.0. The van der Waals surface area contributed by atoms with Gasteiger partial charge in [0.2, 0.25) is 0 Å². The molecule has 0 aliphatic heterocycles. The van der Waals surface area contributed by atoms with Gasteiger partial charge < -0.3 is 4.40 Å². The summed E-state index contributed by atoms with van der Waals surface area (Å²) in [6.45, 7) is 0. The Hall–Kier alpha value is -1.09. The number of fused-ring (bicyclic) bond motifs is 1. The third-order valence-corrected chi connectivity index (χ3v) is 1.77. The summed E-state index contributed by atoms with van der Waals surface area (Å²) in [5.74, 6) is -0.424. The molecule has 0 unspecified atom stereocenters. The van der Waals surface area contributed by atoms with Crippen LogP contribution in [0.5, 0.6) is 0 Å². The van der Waals surface area contributed by atoms with Crippen molar-refractivity contribution in [2.75, 3.05) is 0 Å². The van der Waals surface area contributed by atoms with Gasteiger partial charge >= 0.3 is 0 Å². The number of hydrogen-bond acceptors (Lipinski definition) is 1. The Morgan fingerprint density at radius 1 is 1.55 bits per heavy atom. The van der Waals surface area contributed by atoms with E-state index >= 15 is 0 Å². The summed E-state index contributed by atoms with van der Waals surface area (Å²) in [6, 6.07) is 1.49.